The Labute approximate surface area is 113 Å². The van der Waals surface area contributed by atoms with Gasteiger partial charge in [-0.05, 0) is 35.9 Å². The van der Waals surface area contributed by atoms with E-state index in [1.54, 1.807) is 12.1 Å². The van der Waals surface area contributed by atoms with Crippen LogP contribution in [-0.2, 0) is 0 Å². The summed E-state index contributed by atoms with van der Waals surface area (Å²) in [6.07, 6.45) is 1.42. The highest BCUT2D eigenvalue weighted by Crippen LogP contribution is 2.10. The molecule has 1 aromatic carbocycles. The standard InChI is InChI=1S/C12H9ClN4O2/c13-12-15-5-4-9(17-12)16-11(19)8-3-1-2-7(6-8)10(14)18/h1-6H,(H2,14,18)(H,15,16,17,19). The molecule has 1 aromatic heterocycles. The molecular weight excluding hydrogens is 268 g/mol. The van der Waals surface area contributed by atoms with Gasteiger partial charge < -0.3 is 11.1 Å². The van der Waals surface area contributed by atoms with Crippen molar-refractivity contribution in [3.63, 3.8) is 0 Å². The number of hydrogen-bond donors (Lipinski definition) is 2. The molecule has 0 radical (unpaired) electrons. The van der Waals surface area contributed by atoms with Gasteiger partial charge in [-0.25, -0.2) is 9.97 Å². The zero-order valence-corrected chi connectivity index (χ0v) is 10.4. The summed E-state index contributed by atoms with van der Waals surface area (Å²) >= 11 is 5.61. The van der Waals surface area contributed by atoms with Gasteiger partial charge in [-0.1, -0.05) is 6.07 Å². The van der Waals surface area contributed by atoms with Crippen molar-refractivity contribution in [2.24, 2.45) is 5.73 Å². The fourth-order valence-electron chi connectivity index (χ4n) is 1.41. The minimum absolute atomic E-state index is 0.0312. The molecule has 96 valence electrons. The van der Waals surface area contributed by atoms with Gasteiger partial charge in [0, 0.05) is 17.3 Å². The number of anilines is 1. The van der Waals surface area contributed by atoms with Crippen LogP contribution in [0.5, 0.6) is 0 Å². The van der Waals surface area contributed by atoms with E-state index >= 15 is 0 Å². The highest BCUT2D eigenvalue weighted by molar-refractivity contribution is 6.28. The van der Waals surface area contributed by atoms with E-state index in [0.717, 1.165) is 0 Å². The molecule has 7 heteroatoms. The van der Waals surface area contributed by atoms with Gasteiger partial charge in [-0.3, -0.25) is 9.59 Å². The highest BCUT2D eigenvalue weighted by atomic mass is 35.5. The Bertz CT molecular complexity index is 645. The largest absolute Gasteiger partial charge is 0.366 e. The lowest BCUT2D eigenvalue weighted by molar-refractivity contribution is 0.1000. The van der Waals surface area contributed by atoms with E-state index in [1.165, 1.54) is 24.4 Å². The maximum atomic E-state index is 11.9. The van der Waals surface area contributed by atoms with Crippen LogP contribution in [0.4, 0.5) is 5.82 Å². The van der Waals surface area contributed by atoms with E-state index in [1.807, 2.05) is 0 Å². The average molecular weight is 277 g/mol. The normalized spacial score (nSPS) is 9.95. The average Bonchev–Trinajstić information content (AvgIpc) is 2.39. The van der Waals surface area contributed by atoms with Gasteiger partial charge in [0.1, 0.15) is 5.82 Å². The van der Waals surface area contributed by atoms with Gasteiger partial charge in [-0.2, -0.15) is 0 Å². The molecule has 2 aromatic rings. The van der Waals surface area contributed by atoms with Crippen molar-refractivity contribution < 1.29 is 9.59 Å². The second-order valence-electron chi connectivity index (χ2n) is 3.61. The van der Waals surface area contributed by atoms with Crippen molar-refractivity contribution in [2.45, 2.75) is 0 Å². The molecule has 0 saturated carbocycles. The summed E-state index contributed by atoms with van der Waals surface area (Å²) in [7, 11) is 0. The van der Waals surface area contributed by atoms with E-state index in [9.17, 15) is 9.59 Å². The molecule has 0 aliphatic heterocycles. The smallest absolute Gasteiger partial charge is 0.256 e. The quantitative estimate of drug-likeness (QED) is 0.830. The number of amides is 2. The number of aromatic nitrogens is 2. The Morgan fingerprint density at radius 1 is 1.21 bits per heavy atom. The summed E-state index contributed by atoms with van der Waals surface area (Å²) in [5.74, 6) is -0.743. The van der Waals surface area contributed by atoms with Crippen LogP contribution in [0.3, 0.4) is 0 Å². The Hall–Kier alpha value is -2.47. The number of carbonyl (C=O) groups excluding carboxylic acids is 2. The molecule has 3 N–H and O–H groups in total. The Morgan fingerprint density at radius 2 is 1.95 bits per heavy atom. The van der Waals surface area contributed by atoms with Crippen LogP contribution < -0.4 is 11.1 Å². The third-order valence-electron chi connectivity index (χ3n) is 2.28. The minimum Gasteiger partial charge on any atom is -0.366 e. The minimum atomic E-state index is -0.597. The maximum absolute atomic E-state index is 11.9. The maximum Gasteiger partial charge on any atom is 0.256 e. The molecule has 19 heavy (non-hydrogen) atoms. The lowest BCUT2D eigenvalue weighted by atomic mass is 10.1. The number of primary amides is 1. The SMILES string of the molecule is NC(=O)c1cccc(C(=O)Nc2ccnc(Cl)n2)c1. The first-order valence-electron chi connectivity index (χ1n) is 5.26. The number of nitrogens with one attached hydrogen (secondary N) is 1. The van der Waals surface area contributed by atoms with Crippen molar-refractivity contribution in [3.05, 3.63) is 52.9 Å². The van der Waals surface area contributed by atoms with Crippen molar-refractivity contribution >= 4 is 29.2 Å². The number of nitrogens with zero attached hydrogens (tertiary/aromatic N) is 2. The molecule has 0 aliphatic carbocycles. The van der Waals surface area contributed by atoms with Gasteiger partial charge >= 0.3 is 0 Å². The molecule has 0 saturated heterocycles. The Morgan fingerprint density at radius 3 is 2.63 bits per heavy atom. The summed E-state index contributed by atoms with van der Waals surface area (Å²) < 4.78 is 0. The summed E-state index contributed by atoms with van der Waals surface area (Å²) in [6.45, 7) is 0. The third kappa shape index (κ3) is 3.26. The number of rotatable bonds is 3. The second kappa shape index (κ2) is 5.45. The molecule has 0 spiro atoms. The zero-order chi connectivity index (χ0) is 13.8. The van der Waals surface area contributed by atoms with Crippen molar-refractivity contribution in [3.8, 4) is 0 Å². The van der Waals surface area contributed by atoms with Crippen molar-refractivity contribution in [1.82, 2.24) is 9.97 Å². The monoisotopic (exact) mass is 276 g/mol. The van der Waals surface area contributed by atoms with Crippen molar-refractivity contribution in [2.75, 3.05) is 5.32 Å². The summed E-state index contributed by atoms with van der Waals surface area (Å²) in [5.41, 5.74) is 5.70. The number of carbonyl (C=O) groups is 2. The molecule has 6 nitrogen and oxygen atoms in total. The fraction of sp³-hybridized carbons (Fsp3) is 0. The van der Waals surface area contributed by atoms with Gasteiger partial charge in [-0.15, -0.1) is 0 Å². The number of benzene rings is 1. The Balaban J connectivity index is 2.20. The van der Waals surface area contributed by atoms with Crippen LogP contribution in [0.1, 0.15) is 20.7 Å². The van der Waals surface area contributed by atoms with Gasteiger partial charge in [0.2, 0.25) is 11.2 Å². The first-order valence-corrected chi connectivity index (χ1v) is 5.64. The van der Waals surface area contributed by atoms with Gasteiger partial charge in [0.05, 0.1) is 0 Å². The summed E-state index contributed by atoms with van der Waals surface area (Å²) in [5, 5.41) is 2.57. The number of halogens is 1. The lowest BCUT2D eigenvalue weighted by Crippen LogP contribution is -2.16. The molecule has 0 fully saturated rings. The molecular formula is C12H9ClN4O2. The van der Waals surface area contributed by atoms with Gasteiger partial charge in [0.15, 0.2) is 0 Å². The van der Waals surface area contributed by atoms with E-state index in [0.29, 0.717) is 5.56 Å². The highest BCUT2D eigenvalue weighted by Gasteiger charge is 2.09. The van der Waals surface area contributed by atoms with Crippen LogP contribution in [0.15, 0.2) is 36.5 Å². The molecule has 0 atom stereocenters. The Kier molecular flexibility index (Phi) is 3.72. The van der Waals surface area contributed by atoms with Crippen LogP contribution in [-0.4, -0.2) is 21.8 Å². The molecule has 0 bridgehead atoms. The molecule has 2 rings (SSSR count). The summed E-state index contributed by atoms with van der Waals surface area (Å²) in [6, 6.07) is 7.56. The van der Waals surface area contributed by atoms with Crippen molar-refractivity contribution in [1.29, 1.82) is 0 Å². The van der Waals surface area contributed by atoms with Crippen LogP contribution in [0.2, 0.25) is 5.28 Å². The first kappa shape index (κ1) is 13.0. The molecule has 0 aliphatic rings. The van der Waals surface area contributed by atoms with Crippen LogP contribution in [0.25, 0.3) is 0 Å². The zero-order valence-electron chi connectivity index (χ0n) is 9.63. The van der Waals surface area contributed by atoms with E-state index in [2.05, 4.69) is 15.3 Å². The summed E-state index contributed by atoms with van der Waals surface area (Å²) in [4.78, 5) is 30.5. The fourth-order valence-corrected chi connectivity index (χ4v) is 1.55. The number of nitrogens with two attached hydrogens (primary N) is 1. The van der Waals surface area contributed by atoms with Crippen LogP contribution >= 0.6 is 11.6 Å². The predicted molar refractivity (Wildman–Crippen MR) is 70.0 cm³/mol. The molecule has 0 unspecified atom stereocenters. The second-order valence-corrected chi connectivity index (χ2v) is 3.95. The van der Waals surface area contributed by atoms with E-state index < -0.39 is 11.8 Å². The first-order chi connectivity index (χ1) is 9.06. The molecule has 1 heterocycles. The lowest BCUT2D eigenvalue weighted by Gasteiger charge is -2.05. The third-order valence-corrected chi connectivity index (χ3v) is 2.46. The molecule has 2 amide bonds. The van der Waals surface area contributed by atoms with Crippen LogP contribution in [0, 0.1) is 0 Å². The predicted octanol–water partition coefficient (Wildman–Crippen LogP) is 1.48. The van der Waals surface area contributed by atoms with E-state index in [4.69, 9.17) is 17.3 Å². The van der Waals surface area contributed by atoms with Gasteiger partial charge in [0.25, 0.3) is 5.91 Å². The number of hydrogen-bond acceptors (Lipinski definition) is 4. The topological polar surface area (TPSA) is 98.0 Å². The van der Waals surface area contributed by atoms with E-state index in [-0.39, 0.29) is 16.7 Å².